The summed E-state index contributed by atoms with van der Waals surface area (Å²) in [5.74, 6) is -0.606. The molecule has 27 heavy (non-hydrogen) atoms. The first kappa shape index (κ1) is 19.0. The van der Waals surface area contributed by atoms with E-state index in [4.69, 9.17) is 0 Å². The Morgan fingerprint density at radius 1 is 1.22 bits per heavy atom. The molecule has 1 aromatic carbocycles. The second-order valence-electron chi connectivity index (χ2n) is 6.05. The maximum Gasteiger partial charge on any atom is 0.435 e. The molecule has 0 unspecified atom stereocenters. The number of hydrogen-bond acceptors (Lipinski definition) is 4. The Bertz CT molecular complexity index is 945. The summed E-state index contributed by atoms with van der Waals surface area (Å²) in [5, 5.41) is 21.4. The minimum atomic E-state index is -4.65. The highest BCUT2D eigenvalue weighted by Crippen LogP contribution is 2.31. The number of halogens is 4. The molecule has 6 nitrogen and oxygen atoms in total. The van der Waals surface area contributed by atoms with Crippen LogP contribution in [0.3, 0.4) is 0 Å². The van der Waals surface area contributed by atoms with Crippen LogP contribution in [0.5, 0.6) is 0 Å². The topological polar surface area (TPSA) is 68.8 Å². The monoisotopic (exact) mass is 383 g/mol. The summed E-state index contributed by atoms with van der Waals surface area (Å²) in [5.41, 5.74) is -0.127. The lowest BCUT2D eigenvalue weighted by Gasteiger charge is -2.14. The molecule has 0 radical (unpaired) electrons. The van der Waals surface area contributed by atoms with Gasteiger partial charge in [0.15, 0.2) is 5.69 Å². The second-order valence-corrected chi connectivity index (χ2v) is 6.05. The van der Waals surface area contributed by atoms with Gasteiger partial charge in [-0.2, -0.15) is 18.3 Å². The molecule has 2 aromatic heterocycles. The number of benzene rings is 1. The summed E-state index contributed by atoms with van der Waals surface area (Å²) in [6.45, 7) is 3.83. The van der Waals surface area contributed by atoms with Crippen molar-refractivity contribution in [1.29, 1.82) is 0 Å². The molecule has 0 bridgehead atoms. The van der Waals surface area contributed by atoms with Crippen molar-refractivity contribution in [2.75, 3.05) is 0 Å². The summed E-state index contributed by atoms with van der Waals surface area (Å²) in [7, 11) is 0. The Morgan fingerprint density at radius 3 is 2.56 bits per heavy atom. The molecule has 0 saturated heterocycles. The first-order valence-electron chi connectivity index (χ1n) is 8.22. The third-order valence-corrected chi connectivity index (χ3v) is 4.01. The van der Waals surface area contributed by atoms with Gasteiger partial charge in [-0.1, -0.05) is 5.21 Å². The lowest BCUT2D eigenvalue weighted by Crippen LogP contribution is -2.10. The number of nitrogens with zero attached hydrogens (tertiary/aromatic N) is 5. The highest BCUT2D eigenvalue weighted by Gasteiger charge is 2.35. The normalized spacial score (nSPS) is 13.1. The molecule has 0 spiro atoms. The molecule has 0 saturated carbocycles. The molecule has 1 atom stereocenters. The highest BCUT2D eigenvalue weighted by atomic mass is 19.4. The van der Waals surface area contributed by atoms with E-state index < -0.39 is 23.8 Å². The molecular formula is C17H17F4N5O. The molecule has 1 N–H and O–H groups in total. The number of rotatable bonds is 5. The molecule has 10 heteroatoms. The van der Waals surface area contributed by atoms with Gasteiger partial charge in [0.25, 0.3) is 0 Å². The number of aliphatic hydroxyl groups excluding tert-OH is 1. The zero-order chi connectivity index (χ0) is 19.8. The molecular weight excluding hydrogens is 366 g/mol. The van der Waals surface area contributed by atoms with Crippen molar-refractivity contribution in [1.82, 2.24) is 24.8 Å². The zero-order valence-corrected chi connectivity index (χ0v) is 14.6. The van der Waals surface area contributed by atoms with Crippen LogP contribution >= 0.6 is 0 Å². The average molecular weight is 383 g/mol. The van der Waals surface area contributed by atoms with Crippen molar-refractivity contribution in [2.45, 2.75) is 39.1 Å². The van der Waals surface area contributed by atoms with Crippen LogP contribution in [0.25, 0.3) is 5.69 Å². The third-order valence-electron chi connectivity index (χ3n) is 4.01. The molecule has 0 aliphatic heterocycles. The van der Waals surface area contributed by atoms with Gasteiger partial charge >= 0.3 is 6.18 Å². The standard InChI is InChI=1S/C17H17F4N5O/c1-3-25-9-12(22-24-25)7-13-8-16(17(19,20)21)23-26(13)15-5-4-11(18)6-14(15)10(2)27/h4-6,8-10,27H,3,7H2,1-2H3/t10-/m1/s1. The largest absolute Gasteiger partial charge is 0.435 e. The van der Waals surface area contributed by atoms with Crippen molar-refractivity contribution in [3.63, 3.8) is 0 Å². The Morgan fingerprint density at radius 2 is 1.96 bits per heavy atom. The van der Waals surface area contributed by atoms with Crippen LogP contribution in [0.15, 0.2) is 30.5 Å². The number of alkyl halides is 3. The number of aryl methyl sites for hydroxylation is 1. The number of hydrogen-bond donors (Lipinski definition) is 1. The highest BCUT2D eigenvalue weighted by molar-refractivity contribution is 5.44. The Kier molecular flexibility index (Phi) is 5.01. The Labute approximate surface area is 152 Å². The molecule has 0 aliphatic carbocycles. The second kappa shape index (κ2) is 7.10. The van der Waals surface area contributed by atoms with Gasteiger partial charge in [0.1, 0.15) is 5.82 Å². The van der Waals surface area contributed by atoms with E-state index in [0.29, 0.717) is 12.2 Å². The van der Waals surface area contributed by atoms with Crippen LogP contribution in [0.4, 0.5) is 17.6 Å². The average Bonchev–Trinajstić information content (AvgIpc) is 3.21. The van der Waals surface area contributed by atoms with Crippen LogP contribution in [-0.4, -0.2) is 29.9 Å². The number of aromatic nitrogens is 5. The van der Waals surface area contributed by atoms with Gasteiger partial charge in [0.2, 0.25) is 0 Å². The maximum absolute atomic E-state index is 13.6. The quantitative estimate of drug-likeness (QED) is 0.687. The summed E-state index contributed by atoms with van der Waals surface area (Å²) < 4.78 is 55.8. The van der Waals surface area contributed by atoms with Crippen molar-refractivity contribution >= 4 is 0 Å². The lowest BCUT2D eigenvalue weighted by molar-refractivity contribution is -0.141. The molecule has 144 valence electrons. The lowest BCUT2D eigenvalue weighted by atomic mass is 10.1. The van der Waals surface area contributed by atoms with E-state index in [1.165, 1.54) is 13.0 Å². The van der Waals surface area contributed by atoms with E-state index in [9.17, 15) is 22.7 Å². The van der Waals surface area contributed by atoms with Crippen molar-refractivity contribution < 1.29 is 22.7 Å². The fourth-order valence-corrected chi connectivity index (χ4v) is 2.71. The van der Waals surface area contributed by atoms with E-state index in [-0.39, 0.29) is 23.4 Å². The van der Waals surface area contributed by atoms with Gasteiger partial charge < -0.3 is 5.11 Å². The summed E-state index contributed by atoms with van der Waals surface area (Å²) in [4.78, 5) is 0. The first-order chi connectivity index (χ1) is 12.7. The molecule has 3 rings (SSSR count). The van der Waals surface area contributed by atoms with Crippen molar-refractivity contribution in [2.24, 2.45) is 0 Å². The maximum atomic E-state index is 13.6. The summed E-state index contributed by atoms with van der Waals surface area (Å²) in [6.07, 6.45) is -4.07. The minimum absolute atomic E-state index is 0.0414. The smallest absolute Gasteiger partial charge is 0.389 e. The first-order valence-corrected chi connectivity index (χ1v) is 8.22. The van der Waals surface area contributed by atoms with E-state index in [2.05, 4.69) is 15.4 Å². The van der Waals surface area contributed by atoms with Gasteiger partial charge in [0, 0.05) is 24.7 Å². The summed E-state index contributed by atoms with van der Waals surface area (Å²) in [6, 6.07) is 4.39. The third kappa shape index (κ3) is 4.00. The van der Waals surface area contributed by atoms with Gasteiger partial charge in [-0.3, -0.25) is 4.68 Å². The van der Waals surface area contributed by atoms with E-state index >= 15 is 0 Å². The van der Waals surface area contributed by atoms with E-state index in [0.717, 1.165) is 22.9 Å². The molecule has 2 heterocycles. The molecule has 3 aromatic rings. The Balaban J connectivity index is 2.12. The fraction of sp³-hybridized carbons (Fsp3) is 0.353. The predicted molar refractivity (Wildman–Crippen MR) is 87.7 cm³/mol. The predicted octanol–water partition coefficient (Wildman–Crippen LogP) is 3.29. The van der Waals surface area contributed by atoms with E-state index in [1.807, 2.05) is 6.92 Å². The summed E-state index contributed by atoms with van der Waals surface area (Å²) >= 11 is 0. The van der Waals surface area contributed by atoms with Gasteiger partial charge in [-0.15, -0.1) is 5.10 Å². The molecule has 0 aliphatic rings. The van der Waals surface area contributed by atoms with Crippen molar-refractivity contribution in [3.8, 4) is 5.69 Å². The van der Waals surface area contributed by atoms with Crippen LogP contribution in [0, 0.1) is 5.82 Å². The van der Waals surface area contributed by atoms with Gasteiger partial charge in [0.05, 0.1) is 23.2 Å². The fourth-order valence-electron chi connectivity index (χ4n) is 2.71. The molecule has 0 fully saturated rings. The van der Waals surface area contributed by atoms with Crippen LogP contribution < -0.4 is 0 Å². The van der Waals surface area contributed by atoms with Crippen LogP contribution in [0.2, 0.25) is 0 Å². The van der Waals surface area contributed by atoms with Gasteiger partial charge in [-0.05, 0) is 38.1 Å². The van der Waals surface area contributed by atoms with Crippen LogP contribution in [-0.2, 0) is 19.1 Å². The van der Waals surface area contributed by atoms with E-state index in [1.54, 1.807) is 10.9 Å². The molecule has 0 amide bonds. The minimum Gasteiger partial charge on any atom is -0.389 e. The zero-order valence-electron chi connectivity index (χ0n) is 14.6. The Hall–Kier alpha value is -2.75. The van der Waals surface area contributed by atoms with Crippen LogP contribution in [0.1, 0.15) is 42.6 Å². The SMILES string of the molecule is CCn1cc(Cc2cc(C(F)(F)F)nn2-c2ccc(F)cc2[C@@H](C)O)nn1. The number of aliphatic hydroxyl groups is 1. The van der Waals surface area contributed by atoms with Crippen molar-refractivity contribution in [3.05, 3.63) is 58.9 Å². The van der Waals surface area contributed by atoms with Gasteiger partial charge in [-0.25, -0.2) is 9.07 Å².